The predicted molar refractivity (Wildman–Crippen MR) is 72.1 cm³/mol. The van der Waals surface area contributed by atoms with Crippen molar-refractivity contribution in [1.82, 2.24) is 4.90 Å². The first-order valence-corrected chi connectivity index (χ1v) is 5.68. The summed E-state index contributed by atoms with van der Waals surface area (Å²) in [6.07, 6.45) is 3.34. The molecule has 0 aliphatic carbocycles. The molecular formula is C14H20N2O. The molecule has 0 aliphatic heterocycles. The maximum Gasteiger partial charge on any atom is 0.246 e. The highest BCUT2D eigenvalue weighted by atomic mass is 16.2. The van der Waals surface area contributed by atoms with Gasteiger partial charge in [-0.15, -0.1) is 0 Å². The monoisotopic (exact) mass is 232 g/mol. The van der Waals surface area contributed by atoms with Gasteiger partial charge < -0.3 is 9.80 Å². The minimum atomic E-state index is 0.0317. The average Bonchev–Trinajstić information content (AvgIpc) is 2.30. The summed E-state index contributed by atoms with van der Waals surface area (Å²) < 4.78 is 0. The zero-order valence-electron chi connectivity index (χ0n) is 11.0. The van der Waals surface area contributed by atoms with E-state index in [4.69, 9.17) is 0 Å². The van der Waals surface area contributed by atoms with Crippen LogP contribution in [0.4, 0.5) is 5.69 Å². The molecule has 0 spiro atoms. The minimum Gasteiger partial charge on any atom is -0.378 e. The van der Waals surface area contributed by atoms with Crippen LogP contribution in [0.3, 0.4) is 0 Å². The highest BCUT2D eigenvalue weighted by Gasteiger charge is 2.05. The predicted octanol–water partition coefficient (Wildman–Crippen LogP) is 2.29. The second kappa shape index (κ2) is 6.09. The van der Waals surface area contributed by atoms with Gasteiger partial charge in [-0.25, -0.2) is 0 Å². The van der Waals surface area contributed by atoms with E-state index in [1.807, 2.05) is 28.1 Å². The Kier molecular flexibility index (Phi) is 4.76. The highest BCUT2D eigenvalue weighted by molar-refractivity contribution is 5.87. The van der Waals surface area contributed by atoms with Crippen molar-refractivity contribution < 1.29 is 4.79 Å². The van der Waals surface area contributed by atoms with E-state index in [2.05, 4.69) is 29.2 Å². The van der Waals surface area contributed by atoms with Crippen molar-refractivity contribution in [1.29, 1.82) is 0 Å². The van der Waals surface area contributed by atoms with Crippen molar-refractivity contribution >= 4 is 11.6 Å². The number of rotatable bonds is 4. The van der Waals surface area contributed by atoms with E-state index in [0.717, 1.165) is 11.3 Å². The Morgan fingerprint density at radius 3 is 2.24 bits per heavy atom. The van der Waals surface area contributed by atoms with Gasteiger partial charge in [0.2, 0.25) is 5.91 Å². The Bertz CT molecular complexity index is 393. The fraction of sp³-hybridized carbons (Fsp3) is 0.357. The van der Waals surface area contributed by atoms with E-state index in [1.54, 1.807) is 17.1 Å². The molecule has 17 heavy (non-hydrogen) atoms. The van der Waals surface area contributed by atoms with Crippen LogP contribution >= 0.6 is 0 Å². The molecule has 0 atom stereocenters. The summed E-state index contributed by atoms with van der Waals surface area (Å²) in [5.41, 5.74) is 2.30. The number of carbonyl (C=O) groups is 1. The third-order valence-corrected chi connectivity index (χ3v) is 2.56. The number of carbonyl (C=O) groups excluding carboxylic acids is 1. The maximum atomic E-state index is 11.6. The molecule has 0 bridgehead atoms. The van der Waals surface area contributed by atoms with Gasteiger partial charge in [0.15, 0.2) is 0 Å². The van der Waals surface area contributed by atoms with Gasteiger partial charge in [0.1, 0.15) is 0 Å². The first-order chi connectivity index (χ1) is 8.04. The number of nitrogens with zero attached hydrogens (tertiary/aromatic N) is 2. The molecule has 0 saturated heterocycles. The quantitative estimate of drug-likeness (QED) is 0.744. The van der Waals surface area contributed by atoms with Gasteiger partial charge >= 0.3 is 0 Å². The fourth-order valence-corrected chi connectivity index (χ4v) is 1.52. The number of allylic oxidation sites excluding steroid dienone is 1. The maximum absolute atomic E-state index is 11.6. The van der Waals surface area contributed by atoms with Crippen LogP contribution in [0.15, 0.2) is 36.4 Å². The molecule has 0 fully saturated rings. The molecule has 3 nitrogen and oxygen atoms in total. The third kappa shape index (κ3) is 3.94. The molecule has 0 N–H and O–H groups in total. The molecule has 0 unspecified atom stereocenters. The summed E-state index contributed by atoms with van der Waals surface area (Å²) in [6.45, 7) is 2.48. The number of benzene rings is 1. The van der Waals surface area contributed by atoms with E-state index < -0.39 is 0 Å². The summed E-state index contributed by atoms with van der Waals surface area (Å²) in [6, 6.07) is 8.22. The summed E-state index contributed by atoms with van der Waals surface area (Å²) in [7, 11) is 5.83. The SMILES string of the molecule is CC=CC(=O)N(C)Cc1ccc(N(C)C)cc1. The molecule has 0 heterocycles. The molecule has 1 amide bonds. The van der Waals surface area contributed by atoms with Crippen molar-refractivity contribution in [2.24, 2.45) is 0 Å². The fourth-order valence-electron chi connectivity index (χ4n) is 1.52. The Morgan fingerprint density at radius 1 is 1.18 bits per heavy atom. The van der Waals surface area contributed by atoms with Gasteiger partial charge in [-0.2, -0.15) is 0 Å². The largest absolute Gasteiger partial charge is 0.378 e. The van der Waals surface area contributed by atoms with Crippen molar-refractivity contribution in [2.75, 3.05) is 26.0 Å². The number of hydrogen-bond acceptors (Lipinski definition) is 2. The smallest absolute Gasteiger partial charge is 0.246 e. The number of hydrogen-bond donors (Lipinski definition) is 0. The molecule has 1 aromatic rings. The van der Waals surface area contributed by atoms with E-state index in [9.17, 15) is 4.79 Å². The van der Waals surface area contributed by atoms with Crippen LogP contribution in [-0.4, -0.2) is 32.0 Å². The topological polar surface area (TPSA) is 23.6 Å². The Hall–Kier alpha value is -1.77. The van der Waals surface area contributed by atoms with E-state index >= 15 is 0 Å². The van der Waals surface area contributed by atoms with Gasteiger partial charge in [0.25, 0.3) is 0 Å². The van der Waals surface area contributed by atoms with Crippen LogP contribution in [0, 0.1) is 0 Å². The first-order valence-electron chi connectivity index (χ1n) is 5.68. The molecule has 92 valence electrons. The van der Waals surface area contributed by atoms with Crippen LogP contribution in [0.2, 0.25) is 0 Å². The van der Waals surface area contributed by atoms with Crippen LogP contribution in [0.1, 0.15) is 12.5 Å². The van der Waals surface area contributed by atoms with Crippen molar-refractivity contribution in [3.8, 4) is 0 Å². The molecular weight excluding hydrogens is 212 g/mol. The van der Waals surface area contributed by atoms with Crippen molar-refractivity contribution in [2.45, 2.75) is 13.5 Å². The lowest BCUT2D eigenvalue weighted by Gasteiger charge is -2.17. The number of likely N-dealkylation sites (N-methyl/N-ethyl adjacent to an activating group) is 1. The van der Waals surface area contributed by atoms with Crippen LogP contribution in [0.25, 0.3) is 0 Å². The van der Waals surface area contributed by atoms with Crippen molar-refractivity contribution in [3.63, 3.8) is 0 Å². The zero-order chi connectivity index (χ0) is 12.8. The summed E-state index contributed by atoms with van der Waals surface area (Å²) in [5, 5.41) is 0. The van der Waals surface area contributed by atoms with Crippen molar-refractivity contribution in [3.05, 3.63) is 42.0 Å². The molecule has 3 heteroatoms. The minimum absolute atomic E-state index is 0.0317. The summed E-state index contributed by atoms with van der Waals surface area (Å²) in [5.74, 6) is 0.0317. The molecule has 1 rings (SSSR count). The Morgan fingerprint density at radius 2 is 1.76 bits per heavy atom. The van der Waals surface area contributed by atoms with E-state index in [-0.39, 0.29) is 5.91 Å². The van der Waals surface area contributed by atoms with Gasteiger partial charge in [-0.1, -0.05) is 18.2 Å². The standard InChI is InChI=1S/C14H20N2O/c1-5-6-14(17)16(4)11-12-7-9-13(10-8-12)15(2)3/h5-10H,11H2,1-4H3. The van der Waals surface area contributed by atoms with Gasteiger partial charge in [0, 0.05) is 33.4 Å². The number of anilines is 1. The van der Waals surface area contributed by atoms with Crippen LogP contribution < -0.4 is 4.90 Å². The zero-order valence-corrected chi connectivity index (χ0v) is 11.0. The van der Waals surface area contributed by atoms with Crippen LogP contribution in [0.5, 0.6) is 0 Å². The van der Waals surface area contributed by atoms with Gasteiger partial charge in [-0.05, 0) is 30.7 Å². The molecule has 0 radical (unpaired) electrons. The molecule has 0 aromatic heterocycles. The second-order valence-corrected chi connectivity index (χ2v) is 4.26. The van der Waals surface area contributed by atoms with Crippen LogP contribution in [-0.2, 0) is 11.3 Å². The first kappa shape index (κ1) is 13.3. The van der Waals surface area contributed by atoms with E-state index in [0.29, 0.717) is 6.54 Å². The lowest BCUT2D eigenvalue weighted by molar-refractivity contribution is -0.125. The third-order valence-electron chi connectivity index (χ3n) is 2.56. The highest BCUT2D eigenvalue weighted by Crippen LogP contribution is 2.13. The summed E-state index contributed by atoms with van der Waals surface area (Å²) >= 11 is 0. The normalized spacial score (nSPS) is 10.6. The van der Waals surface area contributed by atoms with Gasteiger partial charge in [0.05, 0.1) is 0 Å². The second-order valence-electron chi connectivity index (χ2n) is 4.26. The lowest BCUT2D eigenvalue weighted by Crippen LogP contribution is -2.24. The van der Waals surface area contributed by atoms with Gasteiger partial charge in [-0.3, -0.25) is 4.79 Å². The lowest BCUT2D eigenvalue weighted by atomic mass is 10.2. The average molecular weight is 232 g/mol. The summed E-state index contributed by atoms with van der Waals surface area (Å²) in [4.78, 5) is 15.3. The number of amides is 1. The van der Waals surface area contributed by atoms with E-state index in [1.165, 1.54) is 0 Å². The molecule has 0 saturated carbocycles. The molecule has 0 aliphatic rings. The Balaban J connectivity index is 2.66. The Labute approximate surface area is 103 Å². The molecule has 1 aromatic carbocycles.